The Balaban J connectivity index is 1.66. The molecule has 1 aromatic heterocycles. The molecule has 2 rings (SSSR count). The predicted octanol–water partition coefficient (Wildman–Crippen LogP) is 1.17. The number of rotatable bonds is 6. The minimum Gasteiger partial charge on any atom is -0.482 e. The molecule has 0 bridgehead atoms. The normalized spacial score (nSPS) is 10.2. The van der Waals surface area contributed by atoms with Crippen molar-refractivity contribution in [1.82, 2.24) is 9.78 Å². The summed E-state index contributed by atoms with van der Waals surface area (Å²) in [5, 5.41) is 4.04. The Morgan fingerprint density at radius 1 is 1.35 bits per heavy atom. The number of carbonyl (C=O) groups excluding carboxylic acids is 1. The van der Waals surface area contributed by atoms with Crippen LogP contribution >= 0.6 is 0 Å². The number of anilines is 1. The van der Waals surface area contributed by atoms with Crippen LogP contribution in [0.2, 0.25) is 0 Å². The van der Waals surface area contributed by atoms with Gasteiger partial charge in [0.05, 0.1) is 12.8 Å². The van der Waals surface area contributed by atoms with Crippen molar-refractivity contribution < 1.29 is 14.3 Å². The van der Waals surface area contributed by atoms with Crippen LogP contribution < -0.4 is 10.5 Å². The molecule has 0 radical (unpaired) electrons. The van der Waals surface area contributed by atoms with E-state index in [0.717, 1.165) is 5.56 Å². The van der Waals surface area contributed by atoms with Crippen LogP contribution in [0.15, 0.2) is 36.7 Å². The van der Waals surface area contributed by atoms with Gasteiger partial charge in [0.2, 0.25) is 0 Å². The molecule has 2 aromatic rings. The van der Waals surface area contributed by atoms with E-state index < -0.39 is 5.97 Å². The zero-order chi connectivity index (χ0) is 14.4. The van der Waals surface area contributed by atoms with E-state index in [1.165, 1.54) is 0 Å². The number of aryl methyl sites for hydroxylation is 1. The number of benzene rings is 1. The molecule has 0 fully saturated rings. The van der Waals surface area contributed by atoms with Crippen LogP contribution in [0.3, 0.4) is 0 Å². The van der Waals surface area contributed by atoms with Gasteiger partial charge in [0.15, 0.2) is 6.61 Å². The number of ether oxygens (including phenoxy) is 2. The summed E-state index contributed by atoms with van der Waals surface area (Å²) in [6.45, 7) is 0.201. The maximum atomic E-state index is 11.5. The van der Waals surface area contributed by atoms with Gasteiger partial charge in [-0.15, -0.1) is 0 Å². The van der Waals surface area contributed by atoms with Crippen LogP contribution in [0.5, 0.6) is 5.75 Å². The molecule has 2 N–H and O–H groups in total. The maximum Gasteiger partial charge on any atom is 0.344 e. The Hall–Kier alpha value is -2.50. The third-order valence-corrected chi connectivity index (χ3v) is 2.65. The zero-order valence-corrected chi connectivity index (χ0v) is 11.3. The van der Waals surface area contributed by atoms with Gasteiger partial charge in [0, 0.05) is 25.4 Å². The van der Waals surface area contributed by atoms with Crippen molar-refractivity contribution in [1.29, 1.82) is 0 Å². The number of hydrogen-bond acceptors (Lipinski definition) is 5. The molecular formula is C14H17N3O3. The lowest BCUT2D eigenvalue weighted by atomic mass is 10.3. The molecular weight excluding hydrogens is 258 g/mol. The van der Waals surface area contributed by atoms with E-state index in [4.69, 9.17) is 15.2 Å². The molecule has 0 spiro atoms. The second-order valence-corrected chi connectivity index (χ2v) is 4.35. The second kappa shape index (κ2) is 6.60. The summed E-state index contributed by atoms with van der Waals surface area (Å²) in [6, 6.07) is 6.84. The van der Waals surface area contributed by atoms with Crippen molar-refractivity contribution in [3.05, 3.63) is 42.2 Å². The quantitative estimate of drug-likeness (QED) is 0.632. The van der Waals surface area contributed by atoms with Crippen molar-refractivity contribution in [2.24, 2.45) is 7.05 Å². The molecule has 20 heavy (non-hydrogen) atoms. The van der Waals surface area contributed by atoms with Crippen LogP contribution in [-0.4, -0.2) is 29.0 Å². The second-order valence-electron chi connectivity index (χ2n) is 4.35. The van der Waals surface area contributed by atoms with Gasteiger partial charge in [-0.3, -0.25) is 4.68 Å². The number of nitrogens with zero attached hydrogens (tertiary/aromatic N) is 2. The molecule has 106 valence electrons. The van der Waals surface area contributed by atoms with Crippen molar-refractivity contribution in [3.8, 4) is 5.75 Å². The zero-order valence-electron chi connectivity index (χ0n) is 11.3. The van der Waals surface area contributed by atoms with E-state index in [9.17, 15) is 4.79 Å². The first-order valence-corrected chi connectivity index (χ1v) is 6.25. The number of aromatic nitrogens is 2. The minimum absolute atomic E-state index is 0.114. The predicted molar refractivity (Wildman–Crippen MR) is 74.2 cm³/mol. The molecule has 0 atom stereocenters. The standard InChI is InChI=1S/C14H17N3O3/c1-17-9-11(8-16-17)6-7-19-14(18)10-20-13-4-2-12(15)3-5-13/h2-5,8-9H,6-7,10,15H2,1H3. The fourth-order valence-electron chi connectivity index (χ4n) is 1.63. The molecule has 0 unspecified atom stereocenters. The van der Waals surface area contributed by atoms with Crippen LogP contribution in [0.25, 0.3) is 0 Å². The molecule has 0 amide bonds. The Morgan fingerprint density at radius 3 is 2.75 bits per heavy atom. The average molecular weight is 275 g/mol. The fraction of sp³-hybridized carbons (Fsp3) is 0.286. The fourth-order valence-corrected chi connectivity index (χ4v) is 1.63. The van der Waals surface area contributed by atoms with Gasteiger partial charge in [-0.1, -0.05) is 0 Å². The highest BCUT2D eigenvalue weighted by molar-refractivity contribution is 5.71. The Morgan fingerprint density at radius 2 is 2.10 bits per heavy atom. The van der Waals surface area contributed by atoms with Gasteiger partial charge in [-0.25, -0.2) is 4.79 Å². The van der Waals surface area contributed by atoms with Crippen LogP contribution in [-0.2, 0) is 23.0 Å². The summed E-state index contributed by atoms with van der Waals surface area (Å²) < 4.78 is 12.1. The topological polar surface area (TPSA) is 79.4 Å². The summed E-state index contributed by atoms with van der Waals surface area (Å²) in [5.74, 6) is 0.189. The van der Waals surface area contributed by atoms with Crippen molar-refractivity contribution >= 4 is 11.7 Å². The summed E-state index contributed by atoms with van der Waals surface area (Å²) >= 11 is 0. The monoisotopic (exact) mass is 275 g/mol. The maximum absolute atomic E-state index is 11.5. The summed E-state index contributed by atoms with van der Waals surface area (Å²) in [6.07, 6.45) is 4.28. The third kappa shape index (κ3) is 4.31. The molecule has 0 aliphatic rings. The van der Waals surface area contributed by atoms with E-state index in [-0.39, 0.29) is 6.61 Å². The van der Waals surface area contributed by atoms with E-state index in [2.05, 4.69) is 5.10 Å². The molecule has 0 aliphatic heterocycles. The van der Waals surface area contributed by atoms with Crippen LogP contribution in [0.4, 0.5) is 5.69 Å². The molecule has 6 heteroatoms. The summed E-state index contributed by atoms with van der Waals surface area (Å²) in [7, 11) is 1.84. The average Bonchev–Trinajstić information content (AvgIpc) is 2.84. The lowest BCUT2D eigenvalue weighted by Crippen LogP contribution is -2.16. The summed E-state index contributed by atoms with van der Waals surface area (Å²) in [5.41, 5.74) is 7.23. The Bertz CT molecular complexity index is 563. The van der Waals surface area contributed by atoms with E-state index in [1.807, 2.05) is 13.2 Å². The molecule has 0 aliphatic carbocycles. The molecule has 0 saturated heterocycles. The highest BCUT2D eigenvalue weighted by Gasteiger charge is 2.05. The number of carbonyl (C=O) groups is 1. The third-order valence-electron chi connectivity index (χ3n) is 2.65. The SMILES string of the molecule is Cn1cc(CCOC(=O)COc2ccc(N)cc2)cn1. The van der Waals surface area contributed by atoms with Gasteiger partial charge >= 0.3 is 5.97 Å². The van der Waals surface area contributed by atoms with E-state index in [1.54, 1.807) is 35.1 Å². The van der Waals surface area contributed by atoms with Gasteiger partial charge < -0.3 is 15.2 Å². The lowest BCUT2D eigenvalue weighted by Gasteiger charge is -2.06. The van der Waals surface area contributed by atoms with Gasteiger partial charge in [0.1, 0.15) is 5.75 Å². The van der Waals surface area contributed by atoms with Crippen molar-refractivity contribution in [2.75, 3.05) is 18.9 Å². The van der Waals surface area contributed by atoms with Crippen molar-refractivity contribution in [3.63, 3.8) is 0 Å². The minimum atomic E-state index is -0.397. The molecule has 0 saturated carbocycles. The Kier molecular flexibility index (Phi) is 4.60. The highest BCUT2D eigenvalue weighted by atomic mass is 16.6. The molecule has 6 nitrogen and oxygen atoms in total. The molecule has 1 heterocycles. The number of hydrogen-bond donors (Lipinski definition) is 1. The number of nitrogen functional groups attached to an aromatic ring is 1. The first-order chi connectivity index (χ1) is 9.63. The molecule has 1 aromatic carbocycles. The van der Waals surface area contributed by atoms with Gasteiger partial charge in [0.25, 0.3) is 0 Å². The van der Waals surface area contributed by atoms with E-state index >= 15 is 0 Å². The largest absolute Gasteiger partial charge is 0.482 e. The Labute approximate surface area is 117 Å². The van der Waals surface area contributed by atoms with Gasteiger partial charge in [-0.2, -0.15) is 5.10 Å². The first kappa shape index (κ1) is 13.9. The number of nitrogens with two attached hydrogens (primary N) is 1. The summed E-state index contributed by atoms with van der Waals surface area (Å²) in [4.78, 5) is 11.5. The smallest absolute Gasteiger partial charge is 0.344 e. The lowest BCUT2D eigenvalue weighted by molar-refractivity contribution is -0.145. The first-order valence-electron chi connectivity index (χ1n) is 6.25. The van der Waals surface area contributed by atoms with Crippen LogP contribution in [0, 0.1) is 0 Å². The van der Waals surface area contributed by atoms with E-state index in [0.29, 0.717) is 24.5 Å². The highest BCUT2D eigenvalue weighted by Crippen LogP contribution is 2.12. The number of esters is 1. The van der Waals surface area contributed by atoms with Crippen molar-refractivity contribution in [2.45, 2.75) is 6.42 Å². The van der Waals surface area contributed by atoms with Gasteiger partial charge in [-0.05, 0) is 29.8 Å². The van der Waals surface area contributed by atoms with Crippen LogP contribution in [0.1, 0.15) is 5.56 Å².